The predicted octanol–water partition coefficient (Wildman–Crippen LogP) is 1.39. The van der Waals surface area contributed by atoms with Crippen LogP contribution in [0.15, 0.2) is 42.6 Å². The Labute approximate surface area is 151 Å². The Morgan fingerprint density at radius 1 is 1.12 bits per heavy atom. The molecular weight excluding hydrogens is 339 g/mol. The third-order valence-electron chi connectivity index (χ3n) is 3.47. The molecule has 0 spiro atoms. The molecule has 0 atom stereocenters. The zero-order valence-corrected chi connectivity index (χ0v) is 14.4. The van der Waals surface area contributed by atoms with Gasteiger partial charge in [-0.05, 0) is 23.8 Å². The second-order valence-corrected chi connectivity index (χ2v) is 5.44. The number of nitrogens with zero attached hydrogens (tertiary/aromatic N) is 1. The summed E-state index contributed by atoms with van der Waals surface area (Å²) in [6.07, 6.45) is 1.69. The van der Waals surface area contributed by atoms with Crippen LogP contribution in [-0.2, 0) is 17.8 Å². The largest absolute Gasteiger partial charge is 0.481 e. The molecule has 0 fully saturated rings. The average molecular weight is 360 g/mol. The number of aromatic nitrogens is 1. The number of urea groups is 1. The van der Waals surface area contributed by atoms with Gasteiger partial charge in [-0.2, -0.15) is 0 Å². The molecule has 0 saturated carbocycles. The highest BCUT2D eigenvalue weighted by Gasteiger charge is 2.06. The number of halogens is 1. The van der Waals surface area contributed by atoms with Crippen molar-refractivity contribution in [2.24, 2.45) is 0 Å². The van der Waals surface area contributed by atoms with Crippen molar-refractivity contribution in [3.8, 4) is 5.88 Å². The van der Waals surface area contributed by atoms with E-state index in [0.29, 0.717) is 11.4 Å². The molecule has 1 aromatic heterocycles. The van der Waals surface area contributed by atoms with E-state index in [9.17, 15) is 14.0 Å². The van der Waals surface area contributed by atoms with Crippen LogP contribution in [0.1, 0.15) is 11.1 Å². The van der Waals surface area contributed by atoms with Crippen LogP contribution < -0.4 is 20.7 Å². The summed E-state index contributed by atoms with van der Waals surface area (Å²) >= 11 is 0. The van der Waals surface area contributed by atoms with Gasteiger partial charge >= 0.3 is 6.03 Å². The van der Waals surface area contributed by atoms with Crippen LogP contribution in [0.5, 0.6) is 5.88 Å². The molecule has 1 aromatic carbocycles. The van der Waals surface area contributed by atoms with Gasteiger partial charge in [-0.25, -0.2) is 14.2 Å². The fourth-order valence-corrected chi connectivity index (χ4v) is 2.25. The molecule has 0 aliphatic heterocycles. The standard InChI is InChI=1S/C18H21FN4O3/c1-26-17-14(5-3-7-21-17)12-23-18(25)22-9-8-20-16(24)11-13-4-2-6-15(19)10-13/h2-7,10H,8-9,11-12H2,1H3,(H,20,24)(H2,22,23,25). The molecule has 2 aromatic rings. The quantitative estimate of drug-likeness (QED) is 0.620. The van der Waals surface area contributed by atoms with Gasteiger partial charge < -0.3 is 20.7 Å². The van der Waals surface area contributed by atoms with Crippen LogP contribution in [0, 0.1) is 5.82 Å². The third kappa shape index (κ3) is 6.39. The molecule has 1 heterocycles. The summed E-state index contributed by atoms with van der Waals surface area (Å²) < 4.78 is 18.2. The van der Waals surface area contributed by atoms with Crippen molar-refractivity contribution < 1.29 is 18.7 Å². The summed E-state index contributed by atoms with van der Waals surface area (Å²) in [7, 11) is 1.51. The Morgan fingerprint density at radius 2 is 1.92 bits per heavy atom. The molecule has 2 rings (SSSR count). The van der Waals surface area contributed by atoms with Gasteiger partial charge in [0.25, 0.3) is 0 Å². The fraction of sp³-hybridized carbons (Fsp3) is 0.278. The summed E-state index contributed by atoms with van der Waals surface area (Å²) in [6, 6.07) is 9.07. The number of methoxy groups -OCH3 is 1. The lowest BCUT2D eigenvalue weighted by atomic mass is 10.1. The molecule has 138 valence electrons. The second kappa shape index (κ2) is 9.97. The minimum absolute atomic E-state index is 0.0881. The van der Waals surface area contributed by atoms with Crippen LogP contribution in [0.25, 0.3) is 0 Å². The topological polar surface area (TPSA) is 92.3 Å². The number of hydrogen-bond acceptors (Lipinski definition) is 4. The molecule has 7 nitrogen and oxygen atoms in total. The number of rotatable bonds is 8. The smallest absolute Gasteiger partial charge is 0.315 e. The number of pyridine rings is 1. The van der Waals surface area contributed by atoms with Crippen LogP contribution >= 0.6 is 0 Å². The van der Waals surface area contributed by atoms with Crippen LogP contribution in [-0.4, -0.2) is 37.1 Å². The summed E-state index contributed by atoms with van der Waals surface area (Å²) in [4.78, 5) is 27.6. The predicted molar refractivity (Wildman–Crippen MR) is 94.1 cm³/mol. The van der Waals surface area contributed by atoms with E-state index in [4.69, 9.17) is 4.74 Å². The van der Waals surface area contributed by atoms with Gasteiger partial charge in [0.05, 0.1) is 13.5 Å². The van der Waals surface area contributed by atoms with Gasteiger partial charge in [0.15, 0.2) is 0 Å². The monoisotopic (exact) mass is 360 g/mol. The Kier molecular flexibility index (Phi) is 7.35. The van der Waals surface area contributed by atoms with E-state index in [1.165, 1.54) is 19.2 Å². The molecule has 0 aliphatic carbocycles. The van der Waals surface area contributed by atoms with Crippen LogP contribution in [0.4, 0.5) is 9.18 Å². The van der Waals surface area contributed by atoms with E-state index in [2.05, 4.69) is 20.9 Å². The molecular formula is C18H21FN4O3. The molecule has 0 unspecified atom stereocenters. The van der Waals surface area contributed by atoms with E-state index >= 15 is 0 Å². The van der Waals surface area contributed by atoms with E-state index in [-0.39, 0.29) is 43.8 Å². The first-order valence-electron chi connectivity index (χ1n) is 8.09. The number of amides is 3. The number of carbonyl (C=O) groups is 2. The molecule has 0 radical (unpaired) electrons. The van der Waals surface area contributed by atoms with E-state index in [0.717, 1.165) is 5.56 Å². The Morgan fingerprint density at radius 3 is 2.69 bits per heavy atom. The zero-order valence-electron chi connectivity index (χ0n) is 14.4. The molecule has 0 aliphatic rings. The lowest BCUT2D eigenvalue weighted by Gasteiger charge is -2.10. The van der Waals surface area contributed by atoms with Gasteiger partial charge in [0.2, 0.25) is 11.8 Å². The van der Waals surface area contributed by atoms with Crippen molar-refractivity contribution in [2.75, 3.05) is 20.2 Å². The summed E-state index contributed by atoms with van der Waals surface area (Å²) in [5.41, 5.74) is 1.35. The van der Waals surface area contributed by atoms with E-state index in [1.807, 2.05) is 0 Å². The lowest BCUT2D eigenvalue weighted by molar-refractivity contribution is -0.120. The summed E-state index contributed by atoms with van der Waals surface area (Å²) in [5.74, 6) is -0.158. The number of ether oxygens (including phenoxy) is 1. The van der Waals surface area contributed by atoms with E-state index < -0.39 is 0 Å². The molecule has 0 saturated heterocycles. The average Bonchev–Trinajstić information content (AvgIpc) is 2.63. The number of benzene rings is 1. The fourth-order valence-electron chi connectivity index (χ4n) is 2.25. The van der Waals surface area contributed by atoms with E-state index in [1.54, 1.807) is 30.5 Å². The highest BCUT2D eigenvalue weighted by atomic mass is 19.1. The minimum Gasteiger partial charge on any atom is -0.481 e. The summed E-state index contributed by atoms with van der Waals surface area (Å²) in [6.45, 7) is 0.817. The van der Waals surface area contributed by atoms with Gasteiger partial charge in [-0.15, -0.1) is 0 Å². The number of hydrogen-bond donors (Lipinski definition) is 3. The van der Waals surface area contributed by atoms with Gasteiger partial charge in [-0.1, -0.05) is 18.2 Å². The van der Waals surface area contributed by atoms with Gasteiger partial charge in [-0.3, -0.25) is 4.79 Å². The molecule has 26 heavy (non-hydrogen) atoms. The molecule has 8 heteroatoms. The van der Waals surface area contributed by atoms with Crippen molar-refractivity contribution >= 4 is 11.9 Å². The van der Waals surface area contributed by atoms with Gasteiger partial charge in [0.1, 0.15) is 5.82 Å². The molecule has 0 bridgehead atoms. The van der Waals surface area contributed by atoms with Crippen LogP contribution in [0.2, 0.25) is 0 Å². The summed E-state index contributed by atoms with van der Waals surface area (Å²) in [5, 5.41) is 7.98. The zero-order chi connectivity index (χ0) is 18.8. The van der Waals surface area contributed by atoms with Crippen molar-refractivity contribution in [3.05, 3.63) is 59.5 Å². The maximum Gasteiger partial charge on any atom is 0.315 e. The first-order valence-corrected chi connectivity index (χ1v) is 8.09. The van der Waals surface area contributed by atoms with Crippen molar-refractivity contribution in [1.82, 2.24) is 20.9 Å². The Bertz CT molecular complexity index is 755. The maximum atomic E-state index is 13.1. The van der Waals surface area contributed by atoms with Crippen molar-refractivity contribution in [1.29, 1.82) is 0 Å². The molecule has 3 N–H and O–H groups in total. The highest BCUT2D eigenvalue weighted by Crippen LogP contribution is 2.12. The minimum atomic E-state index is -0.376. The maximum absolute atomic E-state index is 13.1. The highest BCUT2D eigenvalue weighted by molar-refractivity contribution is 5.78. The SMILES string of the molecule is COc1ncccc1CNC(=O)NCCNC(=O)Cc1cccc(F)c1. The first kappa shape index (κ1) is 19.2. The number of carbonyl (C=O) groups excluding carboxylic acids is 2. The third-order valence-corrected chi connectivity index (χ3v) is 3.47. The first-order chi connectivity index (χ1) is 12.6. The number of nitrogens with one attached hydrogen (secondary N) is 3. The Balaban J connectivity index is 1.63. The molecule has 3 amide bonds. The second-order valence-electron chi connectivity index (χ2n) is 5.44. The van der Waals surface area contributed by atoms with Crippen molar-refractivity contribution in [3.63, 3.8) is 0 Å². The van der Waals surface area contributed by atoms with Gasteiger partial charge in [0, 0.05) is 31.4 Å². The van der Waals surface area contributed by atoms with Crippen molar-refractivity contribution in [2.45, 2.75) is 13.0 Å². The lowest BCUT2D eigenvalue weighted by Crippen LogP contribution is -2.40. The normalized spacial score (nSPS) is 10.1. The Hall–Kier alpha value is -3.16. The van der Waals surface area contributed by atoms with Crippen LogP contribution in [0.3, 0.4) is 0 Å².